The number of benzene rings is 2. The van der Waals surface area contributed by atoms with Crippen LogP contribution in [0.25, 0.3) is 0 Å². The fourth-order valence-electron chi connectivity index (χ4n) is 2.41. The van der Waals surface area contributed by atoms with E-state index in [1.165, 1.54) is 25.5 Å². The molecule has 8 nitrogen and oxygen atoms in total. The number of hydrogen-bond acceptors (Lipinski definition) is 6. The van der Waals surface area contributed by atoms with Gasteiger partial charge in [0.1, 0.15) is 0 Å². The Balaban J connectivity index is 2.17. The number of nitrogens with one attached hydrogen (secondary N) is 1. The van der Waals surface area contributed by atoms with E-state index in [9.17, 15) is 14.9 Å². The Kier molecular flexibility index (Phi) is 6.40. The van der Waals surface area contributed by atoms with Crippen molar-refractivity contribution in [2.75, 3.05) is 26.1 Å². The third-order valence-electron chi connectivity index (χ3n) is 3.66. The van der Waals surface area contributed by atoms with Crippen LogP contribution in [-0.4, -0.2) is 38.3 Å². The lowest BCUT2D eigenvalue weighted by molar-refractivity contribution is -0.384. The zero-order chi connectivity index (χ0) is 19.1. The minimum atomic E-state index is -0.799. The lowest BCUT2D eigenvalue weighted by atomic mass is 10.1. The summed E-state index contributed by atoms with van der Waals surface area (Å²) in [7, 11) is 5.06. The molecule has 0 saturated carbocycles. The van der Waals surface area contributed by atoms with Crippen LogP contribution in [0.3, 0.4) is 0 Å². The van der Waals surface area contributed by atoms with Gasteiger partial charge in [0.2, 0.25) is 0 Å². The van der Waals surface area contributed by atoms with Crippen LogP contribution in [-0.2, 0) is 9.53 Å². The highest BCUT2D eigenvalue weighted by atomic mass is 16.6. The summed E-state index contributed by atoms with van der Waals surface area (Å²) in [5, 5.41) is 14.9. The van der Waals surface area contributed by atoms with E-state index in [2.05, 4.69) is 10.5 Å². The van der Waals surface area contributed by atoms with Gasteiger partial charge in [-0.3, -0.25) is 14.9 Å². The first-order valence-corrected chi connectivity index (χ1v) is 7.80. The number of nitro groups is 1. The van der Waals surface area contributed by atoms with Gasteiger partial charge in [-0.1, -0.05) is 30.3 Å². The third kappa shape index (κ3) is 4.64. The number of nitrogens with zero attached hydrogens (tertiary/aromatic N) is 3. The molecule has 0 aliphatic carbocycles. The van der Waals surface area contributed by atoms with E-state index in [1.54, 1.807) is 23.1 Å². The summed E-state index contributed by atoms with van der Waals surface area (Å²) >= 11 is 0. The summed E-state index contributed by atoms with van der Waals surface area (Å²) < 4.78 is 5.23. The van der Waals surface area contributed by atoms with Crippen molar-refractivity contribution in [2.24, 2.45) is 5.10 Å². The van der Waals surface area contributed by atoms with Crippen molar-refractivity contribution in [1.82, 2.24) is 5.43 Å². The van der Waals surface area contributed by atoms with Gasteiger partial charge in [0.15, 0.2) is 6.10 Å². The number of carbonyl (C=O) groups is 1. The molecule has 2 aromatic rings. The van der Waals surface area contributed by atoms with Crippen molar-refractivity contribution in [3.05, 3.63) is 69.8 Å². The molecule has 1 N–H and O–H groups in total. The number of nitro benzene ring substituents is 1. The predicted molar refractivity (Wildman–Crippen MR) is 99.4 cm³/mol. The molecule has 0 aliphatic rings. The van der Waals surface area contributed by atoms with E-state index >= 15 is 0 Å². The smallest absolute Gasteiger partial charge is 0.273 e. The van der Waals surface area contributed by atoms with Crippen molar-refractivity contribution >= 4 is 23.5 Å². The lowest BCUT2D eigenvalue weighted by Crippen LogP contribution is -2.26. The lowest BCUT2D eigenvalue weighted by Gasteiger charge is -2.15. The SMILES string of the molecule is CO[C@H](C(=O)N/N=C\c1cc([N+](=O)[O-])ccc1N(C)C)c1ccccc1. The molecule has 2 aromatic carbocycles. The second-order valence-electron chi connectivity index (χ2n) is 5.66. The second kappa shape index (κ2) is 8.72. The van der Waals surface area contributed by atoms with Crippen molar-refractivity contribution in [3.8, 4) is 0 Å². The van der Waals surface area contributed by atoms with Crippen LogP contribution in [0.5, 0.6) is 0 Å². The number of ether oxygens (including phenoxy) is 1. The van der Waals surface area contributed by atoms with Gasteiger partial charge in [-0.2, -0.15) is 5.10 Å². The zero-order valence-electron chi connectivity index (χ0n) is 14.7. The largest absolute Gasteiger partial charge is 0.377 e. The Hall–Kier alpha value is -3.26. The summed E-state index contributed by atoms with van der Waals surface area (Å²) in [5.74, 6) is -0.438. The van der Waals surface area contributed by atoms with Gasteiger partial charge in [0.05, 0.1) is 11.1 Å². The molecule has 0 fully saturated rings. The maximum atomic E-state index is 12.3. The van der Waals surface area contributed by atoms with Crippen LogP contribution in [0.15, 0.2) is 53.6 Å². The van der Waals surface area contributed by atoms with Gasteiger partial charge in [0, 0.05) is 44.6 Å². The Morgan fingerprint density at radius 3 is 2.54 bits per heavy atom. The third-order valence-corrected chi connectivity index (χ3v) is 3.66. The average molecular weight is 356 g/mol. The van der Waals surface area contributed by atoms with Crippen LogP contribution < -0.4 is 10.3 Å². The molecule has 0 bridgehead atoms. The number of non-ortho nitro benzene ring substituents is 1. The van der Waals surface area contributed by atoms with Gasteiger partial charge in [-0.25, -0.2) is 5.43 Å². The fraction of sp³-hybridized carbons (Fsp3) is 0.222. The van der Waals surface area contributed by atoms with Crippen LogP contribution >= 0.6 is 0 Å². The molecule has 2 rings (SSSR count). The number of hydrazone groups is 1. The normalized spacial score (nSPS) is 12.0. The molecule has 0 heterocycles. The molecular weight excluding hydrogens is 336 g/mol. The molecule has 0 radical (unpaired) electrons. The standard InChI is InChI=1S/C18H20N4O4/c1-21(2)16-10-9-15(22(24)25)11-14(16)12-19-20-18(23)17(26-3)13-7-5-4-6-8-13/h4-12,17H,1-3H3,(H,20,23)/b19-12-/t17-/m0/s1. The summed E-state index contributed by atoms with van der Waals surface area (Å²) in [5.41, 5.74) is 4.31. The maximum Gasteiger partial charge on any atom is 0.273 e. The van der Waals surface area contributed by atoms with Crippen LogP contribution in [0.2, 0.25) is 0 Å². The molecule has 0 saturated heterocycles. The van der Waals surface area contributed by atoms with E-state index in [-0.39, 0.29) is 5.69 Å². The van der Waals surface area contributed by atoms with Crippen LogP contribution in [0, 0.1) is 10.1 Å². The molecule has 1 atom stereocenters. The minimum Gasteiger partial charge on any atom is -0.377 e. The van der Waals surface area contributed by atoms with E-state index < -0.39 is 16.9 Å². The van der Waals surface area contributed by atoms with Gasteiger partial charge in [0.25, 0.3) is 11.6 Å². The molecule has 0 unspecified atom stereocenters. The summed E-state index contributed by atoms with van der Waals surface area (Å²) in [6, 6.07) is 13.5. The molecular formula is C18H20N4O4. The van der Waals surface area contributed by atoms with E-state index in [4.69, 9.17) is 4.74 Å². The molecule has 0 aromatic heterocycles. The Morgan fingerprint density at radius 2 is 1.96 bits per heavy atom. The molecule has 8 heteroatoms. The number of methoxy groups -OCH3 is 1. The van der Waals surface area contributed by atoms with Crippen molar-refractivity contribution in [2.45, 2.75) is 6.10 Å². The predicted octanol–water partition coefficient (Wildman–Crippen LogP) is 2.50. The topological polar surface area (TPSA) is 97.1 Å². The van der Waals surface area contributed by atoms with E-state index in [0.29, 0.717) is 11.1 Å². The number of rotatable bonds is 7. The number of anilines is 1. The van der Waals surface area contributed by atoms with Gasteiger partial charge >= 0.3 is 0 Å². The first-order chi connectivity index (χ1) is 12.4. The monoisotopic (exact) mass is 356 g/mol. The Labute approximate surface area is 151 Å². The van der Waals surface area contributed by atoms with Crippen molar-refractivity contribution < 1.29 is 14.5 Å². The van der Waals surface area contributed by atoms with Crippen molar-refractivity contribution in [1.29, 1.82) is 0 Å². The van der Waals surface area contributed by atoms with Gasteiger partial charge in [-0.05, 0) is 11.6 Å². The highest BCUT2D eigenvalue weighted by Gasteiger charge is 2.19. The second-order valence-corrected chi connectivity index (χ2v) is 5.66. The molecule has 0 aliphatic heterocycles. The maximum absolute atomic E-state index is 12.3. The van der Waals surface area contributed by atoms with E-state index in [1.807, 2.05) is 32.3 Å². The molecule has 136 valence electrons. The fourth-order valence-corrected chi connectivity index (χ4v) is 2.41. The number of amides is 1. The molecule has 1 amide bonds. The quantitative estimate of drug-likeness (QED) is 0.467. The van der Waals surface area contributed by atoms with Crippen LogP contribution in [0.1, 0.15) is 17.2 Å². The Bertz CT molecular complexity index is 806. The summed E-state index contributed by atoms with van der Waals surface area (Å²) in [6.07, 6.45) is 0.574. The van der Waals surface area contributed by atoms with Gasteiger partial charge < -0.3 is 9.64 Å². The molecule has 0 spiro atoms. The summed E-state index contributed by atoms with van der Waals surface area (Å²) in [4.78, 5) is 24.6. The van der Waals surface area contributed by atoms with E-state index in [0.717, 1.165) is 5.69 Å². The molecule has 26 heavy (non-hydrogen) atoms. The van der Waals surface area contributed by atoms with Crippen LogP contribution in [0.4, 0.5) is 11.4 Å². The first-order valence-electron chi connectivity index (χ1n) is 7.80. The highest BCUT2D eigenvalue weighted by molar-refractivity contribution is 5.90. The summed E-state index contributed by atoms with van der Waals surface area (Å²) in [6.45, 7) is 0. The first kappa shape index (κ1) is 19.1. The average Bonchev–Trinajstić information content (AvgIpc) is 2.63. The minimum absolute atomic E-state index is 0.0533. The van der Waals surface area contributed by atoms with Gasteiger partial charge in [-0.15, -0.1) is 0 Å². The Morgan fingerprint density at radius 1 is 1.27 bits per heavy atom. The number of carbonyl (C=O) groups excluding carboxylic acids is 1. The van der Waals surface area contributed by atoms with Crippen molar-refractivity contribution in [3.63, 3.8) is 0 Å². The zero-order valence-corrected chi connectivity index (χ0v) is 14.7. The highest BCUT2D eigenvalue weighted by Crippen LogP contribution is 2.22. The number of hydrogen-bond donors (Lipinski definition) is 1.